The van der Waals surface area contributed by atoms with E-state index < -0.39 is 17.3 Å². The second-order valence-corrected chi connectivity index (χ2v) is 7.32. The first-order valence-electron chi connectivity index (χ1n) is 9.11. The Balaban J connectivity index is 1.96. The van der Waals surface area contributed by atoms with E-state index >= 15 is 4.39 Å². The molecule has 27 heavy (non-hydrogen) atoms. The zero-order chi connectivity index (χ0) is 19.3. The van der Waals surface area contributed by atoms with Gasteiger partial charge in [0.15, 0.2) is 0 Å². The SMILES string of the molecule is Cc1c(C2C=CC(CN)=CC2)c(F)cn2c(=O)c(C(=O)O)cc(C3CC3)c12. The number of rotatable bonds is 4. The van der Waals surface area contributed by atoms with E-state index in [2.05, 4.69) is 0 Å². The molecule has 4 rings (SSSR count). The number of aromatic nitrogens is 1. The lowest BCUT2D eigenvalue weighted by molar-refractivity contribution is 0.0694. The number of carboxylic acids is 1. The minimum Gasteiger partial charge on any atom is -0.477 e. The third-order valence-corrected chi connectivity index (χ3v) is 5.55. The minimum atomic E-state index is -1.28. The fourth-order valence-corrected chi connectivity index (χ4v) is 4.01. The number of nitrogens with two attached hydrogens (primary N) is 1. The Hall–Kier alpha value is -2.73. The topological polar surface area (TPSA) is 84.8 Å². The monoisotopic (exact) mass is 368 g/mol. The van der Waals surface area contributed by atoms with Crippen molar-refractivity contribution < 1.29 is 14.3 Å². The largest absolute Gasteiger partial charge is 0.477 e. The van der Waals surface area contributed by atoms with Crippen molar-refractivity contribution in [2.45, 2.75) is 38.0 Å². The van der Waals surface area contributed by atoms with Gasteiger partial charge in [-0.2, -0.15) is 0 Å². The summed E-state index contributed by atoms with van der Waals surface area (Å²) in [6.45, 7) is 2.26. The second-order valence-electron chi connectivity index (χ2n) is 7.32. The van der Waals surface area contributed by atoms with Crippen LogP contribution in [0.1, 0.15) is 58.1 Å². The molecule has 2 aromatic rings. The highest BCUT2D eigenvalue weighted by molar-refractivity contribution is 5.88. The average molecular weight is 368 g/mol. The van der Waals surface area contributed by atoms with Crippen LogP contribution in [0.15, 0.2) is 40.9 Å². The van der Waals surface area contributed by atoms with E-state index in [-0.39, 0.29) is 17.4 Å². The molecule has 2 heterocycles. The smallest absolute Gasteiger partial charge is 0.341 e. The summed E-state index contributed by atoms with van der Waals surface area (Å²) in [6.07, 6.45) is 9.57. The highest BCUT2D eigenvalue weighted by Crippen LogP contribution is 2.44. The molecule has 0 bridgehead atoms. The van der Waals surface area contributed by atoms with E-state index in [0.29, 0.717) is 29.6 Å². The summed E-state index contributed by atoms with van der Waals surface area (Å²) >= 11 is 0. The molecule has 0 spiro atoms. The Kier molecular flexibility index (Phi) is 4.23. The molecular formula is C21H21FN2O3. The van der Waals surface area contributed by atoms with Gasteiger partial charge in [-0.15, -0.1) is 0 Å². The van der Waals surface area contributed by atoms with Gasteiger partial charge >= 0.3 is 5.97 Å². The van der Waals surface area contributed by atoms with Gasteiger partial charge in [-0.05, 0) is 54.9 Å². The van der Waals surface area contributed by atoms with Gasteiger partial charge in [0, 0.05) is 24.2 Å². The number of hydrogen-bond donors (Lipinski definition) is 2. The Bertz CT molecular complexity index is 1080. The van der Waals surface area contributed by atoms with Crippen LogP contribution in [-0.4, -0.2) is 22.0 Å². The summed E-state index contributed by atoms with van der Waals surface area (Å²) < 4.78 is 16.2. The second kappa shape index (κ2) is 6.46. The molecule has 1 fully saturated rings. The van der Waals surface area contributed by atoms with Crippen LogP contribution < -0.4 is 11.3 Å². The third-order valence-electron chi connectivity index (χ3n) is 5.55. The standard InChI is InChI=1S/C21H21FN2O3/c1-11-18(14-4-2-12(9-23)3-5-14)17(22)10-24-19(11)15(13-6-7-13)8-16(20(24)25)21(26)27/h2-4,8,10,13-14H,5-7,9,23H2,1H3,(H,26,27). The van der Waals surface area contributed by atoms with Gasteiger partial charge in [0.2, 0.25) is 0 Å². The lowest BCUT2D eigenvalue weighted by Crippen LogP contribution is -2.25. The highest BCUT2D eigenvalue weighted by atomic mass is 19.1. The van der Waals surface area contributed by atoms with Crippen LogP contribution in [0, 0.1) is 12.7 Å². The van der Waals surface area contributed by atoms with Crippen LogP contribution in [0.5, 0.6) is 0 Å². The van der Waals surface area contributed by atoms with Crippen molar-refractivity contribution >= 4 is 11.5 Å². The van der Waals surface area contributed by atoms with E-state index in [4.69, 9.17) is 5.73 Å². The molecule has 140 valence electrons. The van der Waals surface area contributed by atoms with Crippen LogP contribution >= 0.6 is 0 Å². The molecule has 2 aliphatic carbocycles. The van der Waals surface area contributed by atoms with Crippen LogP contribution in [0.2, 0.25) is 0 Å². The van der Waals surface area contributed by atoms with E-state index in [1.807, 2.05) is 25.2 Å². The summed E-state index contributed by atoms with van der Waals surface area (Å²) in [6, 6.07) is 1.48. The number of halogens is 1. The first-order valence-corrected chi connectivity index (χ1v) is 9.11. The molecular weight excluding hydrogens is 347 g/mol. The Labute approximate surface area is 155 Å². The number of hydrogen-bond acceptors (Lipinski definition) is 3. The first-order chi connectivity index (χ1) is 12.9. The normalized spacial score (nSPS) is 19.4. The molecule has 0 aromatic carbocycles. The molecule has 0 radical (unpaired) electrons. The molecule has 1 atom stereocenters. The predicted octanol–water partition coefficient (Wildman–Crippen LogP) is 3.25. The molecule has 2 aliphatic rings. The number of pyridine rings is 2. The van der Waals surface area contributed by atoms with Crippen molar-refractivity contribution in [3.8, 4) is 0 Å². The molecule has 3 N–H and O–H groups in total. The lowest BCUT2D eigenvalue weighted by Gasteiger charge is -2.22. The molecule has 0 amide bonds. The molecule has 2 aromatic heterocycles. The van der Waals surface area contributed by atoms with Crippen LogP contribution in [0.3, 0.4) is 0 Å². The molecule has 6 heteroatoms. The number of carbonyl (C=O) groups is 1. The fourth-order valence-electron chi connectivity index (χ4n) is 4.01. The van der Waals surface area contributed by atoms with Gasteiger partial charge in [0.25, 0.3) is 5.56 Å². The Morgan fingerprint density at radius 3 is 2.70 bits per heavy atom. The molecule has 1 saturated carbocycles. The number of aryl methyl sites for hydroxylation is 1. The third kappa shape index (κ3) is 2.90. The molecule has 5 nitrogen and oxygen atoms in total. The van der Waals surface area contributed by atoms with Crippen molar-refractivity contribution in [1.29, 1.82) is 0 Å². The maximum absolute atomic E-state index is 15.0. The lowest BCUT2D eigenvalue weighted by atomic mass is 9.86. The van der Waals surface area contributed by atoms with Crippen LogP contribution in [-0.2, 0) is 0 Å². The van der Waals surface area contributed by atoms with Gasteiger partial charge in [-0.3, -0.25) is 9.20 Å². The van der Waals surface area contributed by atoms with Gasteiger partial charge < -0.3 is 10.8 Å². The summed E-state index contributed by atoms with van der Waals surface area (Å²) in [5.41, 5.74) is 8.40. The number of allylic oxidation sites excluding steroid dienone is 2. The van der Waals surface area contributed by atoms with E-state index in [0.717, 1.165) is 30.2 Å². The molecule has 0 aliphatic heterocycles. The summed E-state index contributed by atoms with van der Waals surface area (Å²) in [5.74, 6) is -1.69. The zero-order valence-corrected chi connectivity index (χ0v) is 15.0. The van der Waals surface area contributed by atoms with E-state index in [1.165, 1.54) is 10.5 Å². The van der Waals surface area contributed by atoms with Crippen molar-refractivity contribution in [1.82, 2.24) is 4.40 Å². The maximum Gasteiger partial charge on any atom is 0.341 e. The van der Waals surface area contributed by atoms with Gasteiger partial charge in [0.05, 0.1) is 5.52 Å². The Morgan fingerprint density at radius 1 is 1.41 bits per heavy atom. The van der Waals surface area contributed by atoms with Crippen molar-refractivity contribution in [3.05, 3.63) is 74.5 Å². The zero-order valence-electron chi connectivity index (χ0n) is 15.0. The van der Waals surface area contributed by atoms with Crippen molar-refractivity contribution in [2.24, 2.45) is 5.73 Å². The summed E-state index contributed by atoms with van der Waals surface area (Å²) in [7, 11) is 0. The minimum absolute atomic E-state index is 0.133. The predicted molar refractivity (Wildman–Crippen MR) is 101 cm³/mol. The van der Waals surface area contributed by atoms with E-state index in [9.17, 15) is 14.7 Å². The number of aromatic carboxylic acids is 1. The van der Waals surface area contributed by atoms with Gasteiger partial charge in [0.1, 0.15) is 11.4 Å². The van der Waals surface area contributed by atoms with Crippen LogP contribution in [0.25, 0.3) is 5.52 Å². The quantitative estimate of drug-likeness (QED) is 0.868. The van der Waals surface area contributed by atoms with E-state index in [1.54, 1.807) is 0 Å². The van der Waals surface area contributed by atoms with Gasteiger partial charge in [-0.25, -0.2) is 9.18 Å². The van der Waals surface area contributed by atoms with Crippen LogP contribution in [0.4, 0.5) is 4.39 Å². The molecule has 0 saturated heterocycles. The number of carboxylic acid groups (broad SMARTS) is 1. The Morgan fingerprint density at radius 2 is 2.15 bits per heavy atom. The number of fused-ring (bicyclic) bond motifs is 1. The summed E-state index contributed by atoms with van der Waals surface area (Å²) in [4.78, 5) is 24.1. The highest BCUT2D eigenvalue weighted by Gasteiger charge is 2.30. The van der Waals surface area contributed by atoms with Crippen molar-refractivity contribution in [2.75, 3.05) is 6.54 Å². The summed E-state index contributed by atoms with van der Waals surface area (Å²) in [5, 5.41) is 9.36. The van der Waals surface area contributed by atoms with Crippen molar-refractivity contribution in [3.63, 3.8) is 0 Å². The average Bonchev–Trinajstić information content (AvgIpc) is 3.48. The molecule has 1 unspecified atom stereocenters. The maximum atomic E-state index is 15.0. The fraction of sp³-hybridized carbons (Fsp3) is 0.333. The first kappa shape index (κ1) is 17.7. The van der Waals surface area contributed by atoms with Gasteiger partial charge in [-0.1, -0.05) is 18.2 Å². The number of nitrogens with zero attached hydrogens (tertiary/aromatic N) is 1.